The fraction of sp³-hybridized carbons (Fsp3) is 0.600. The van der Waals surface area contributed by atoms with Gasteiger partial charge in [0.1, 0.15) is 5.82 Å². The first kappa shape index (κ1) is 12.9. The molecule has 3 nitrogen and oxygen atoms in total. The van der Waals surface area contributed by atoms with Gasteiger partial charge in [-0.05, 0) is 32.6 Å². The molecule has 0 amide bonds. The predicted octanol–water partition coefficient (Wildman–Crippen LogP) is 3.70. The van der Waals surface area contributed by atoms with Crippen LogP contribution in [-0.4, -0.2) is 14.5 Å². The van der Waals surface area contributed by atoms with Crippen LogP contribution in [0.4, 0.5) is 0 Å². The highest BCUT2D eigenvalue weighted by Gasteiger charge is 2.18. The third kappa shape index (κ3) is 2.46. The number of imidazole rings is 1. The van der Waals surface area contributed by atoms with Crippen LogP contribution in [0.5, 0.6) is 0 Å². The summed E-state index contributed by atoms with van der Waals surface area (Å²) in [6.07, 6.45) is 4.92. The van der Waals surface area contributed by atoms with Crippen LogP contribution < -0.4 is 0 Å². The Hall–Kier alpha value is -1.16. The Labute approximate surface area is 118 Å². The maximum atomic E-state index is 4.74. The van der Waals surface area contributed by atoms with Crippen LogP contribution in [0.15, 0.2) is 5.38 Å². The van der Waals surface area contributed by atoms with Crippen LogP contribution in [0.2, 0.25) is 0 Å². The van der Waals surface area contributed by atoms with Crippen molar-refractivity contribution in [2.75, 3.05) is 0 Å². The van der Waals surface area contributed by atoms with Gasteiger partial charge < -0.3 is 4.57 Å². The zero-order valence-electron chi connectivity index (χ0n) is 11.9. The SMILES string of the molecule is Cc1nc2c(n1Cc1csc(C(C)C)n1)CCCC2. The Balaban J connectivity index is 1.88. The molecule has 1 aliphatic rings. The Morgan fingerprint density at radius 1 is 1.26 bits per heavy atom. The lowest BCUT2D eigenvalue weighted by Crippen LogP contribution is -2.10. The molecule has 0 fully saturated rings. The number of aromatic nitrogens is 3. The van der Waals surface area contributed by atoms with E-state index in [-0.39, 0.29) is 0 Å². The summed E-state index contributed by atoms with van der Waals surface area (Å²) in [6, 6.07) is 0. The summed E-state index contributed by atoms with van der Waals surface area (Å²) in [5.74, 6) is 1.67. The molecule has 0 radical (unpaired) electrons. The number of nitrogens with zero attached hydrogens (tertiary/aromatic N) is 3. The fourth-order valence-corrected chi connectivity index (χ4v) is 3.59. The largest absolute Gasteiger partial charge is 0.326 e. The van der Waals surface area contributed by atoms with E-state index in [1.165, 1.54) is 41.4 Å². The van der Waals surface area contributed by atoms with Crippen LogP contribution in [0.1, 0.15) is 60.5 Å². The summed E-state index contributed by atoms with van der Waals surface area (Å²) in [7, 11) is 0. The van der Waals surface area contributed by atoms with Crippen LogP contribution in [-0.2, 0) is 19.4 Å². The molecule has 3 rings (SSSR count). The van der Waals surface area contributed by atoms with Crippen LogP contribution in [0.3, 0.4) is 0 Å². The molecule has 2 aromatic rings. The lowest BCUT2D eigenvalue weighted by Gasteiger charge is -2.13. The molecule has 4 heteroatoms. The van der Waals surface area contributed by atoms with E-state index in [9.17, 15) is 0 Å². The van der Waals surface area contributed by atoms with Gasteiger partial charge in [-0.1, -0.05) is 13.8 Å². The highest BCUT2D eigenvalue weighted by molar-refractivity contribution is 7.09. The standard InChI is InChI=1S/C15H21N3S/c1-10(2)15-17-12(9-19-15)8-18-11(3)16-13-6-4-5-7-14(13)18/h9-10H,4-8H2,1-3H3. The second-order valence-corrected chi connectivity index (χ2v) is 6.57. The summed E-state index contributed by atoms with van der Waals surface area (Å²) in [5, 5.41) is 3.44. The number of aryl methyl sites for hydroxylation is 2. The highest BCUT2D eigenvalue weighted by atomic mass is 32.1. The third-order valence-corrected chi connectivity index (χ3v) is 5.00. The summed E-state index contributed by atoms with van der Waals surface area (Å²) in [6.45, 7) is 7.41. The average Bonchev–Trinajstić information content (AvgIpc) is 2.96. The lowest BCUT2D eigenvalue weighted by atomic mass is 10.0. The smallest absolute Gasteiger partial charge is 0.106 e. The van der Waals surface area contributed by atoms with E-state index in [2.05, 4.69) is 30.7 Å². The van der Waals surface area contributed by atoms with Gasteiger partial charge >= 0.3 is 0 Å². The maximum absolute atomic E-state index is 4.74. The molecule has 0 atom stereocenters. The maximum Gasteiger partial charge on any atom is 0.106 e. The van der Waals surface area contributed by atoms with E-state index < -0.39 is 0 Å². The summed E-state index contributed by atoms with van der Waals surface area (Å²) in [5.41, 5.74) is 3.95. The van der Waals surface area contributed by atoms with Crippen molar-refractivity contribution in [3.05, 3.63) is 33.3 Å². The zero-order valence-corrected chi connectivity index (χ0v) is 12.8. The van der Waals surface area contributed by atoms with Crippen molar-refractivity contribution in [1.82, 2.24) is 14.5 Å². The quantitative estimate of drug-likeness (QED) is 0.855. The molecule has 0 aromatic carbocycles. The van der Waals surface area contributed by atoms with E-state index in [1.807, 2.05) is 0 Å². The van der Waals surface area contributed by atoms with Crippen LogP contribution in [0, 0.1) is 6.92 Å². The Bertz CT molecular complexity index is 580. The minimum absolute atomic E-state index is 0.525. The van der Waals surface area contributed by atoms with Gasteiger partial charge in [0.05, 0.1) is 22.9 Å². The minimum Gasteiger partial charge on any atom is -0.326 e. The van der Waals surface area contributed by atoms with Gasteiger partial charge in [-0.2, -0.15) is 0 Å². The number of fused-ring (bicyclic) bond motifs is 1. The molecule has 0 saturated carbocycles. The topological polar surface area (TPSA) is 30.7 Å². The normalized spacial score (nSPS) is 14.9. The van der Waals surface area contributed by atoms with Crippen molar-refractivity contribution < 1.29 is 0 Å². The van der Waals surface area contributed by atoms with Gasteiger partial charge in [0.2, 0.25) is 0 Å². The molecule has 0 aliphatic heterocycles. The van der Waals surface area contributed by atoms with E-state index in [0.717, 1.165) is 18.8 Å². The van der Waals surface area contributed by atoms with E-state index in [0.29, 0.717) is 5.92 Å². The van der Waals surface area contributed by atoms with Crippen molar-refractivity contribution in [3.63, 3.8) is 0 Å². The van der Waals surface area contributed by atoms with Crippen molar-refractivity contribution in [2.45, 2.75) is 58.9 Å². The average molecular weight is 275 g/mol. The molecular weight excluding hydrogens is 254 g/mol. The molecule has 19 heavy (non-hydrogen) atoms. The van der Waals surface area contributed by atoms with E-state index in [1.54, 1.807) is 11.3 Å². The monoisotopic (exact) mass is 275 g/mol. The summed E-state index contributed by atoms with van der Waals surface area (Å²) in [4.78, 5) is 9.47. The molecule has 2 heterocycles. The molecule has 2 aromatic heterocycles. The number of hydrogen-bond acceptors (Lipinski definition) is 3. The second kappa shape index (κ2) is 5.08. The molecule has 0 saturated heterocycles. The van der Waals surface area contributed by atoms with Crippen LogP contribution >= 0.6 is 11.3 Å². The third-order valence-electron chi connectivity index (χ3n) is 3.81. The Morgan fingerprint density at radius 3 is 2.79 bits per heavy atom. The lowest BCUT2D eigenvalue weighted by molar-refractivity contribution is 0.620. The molecule has 0 bridgehead atoms. The molecule has 0 unspecified atom stereocenters. The molecular formula is C15H21N3S. The summed E-state index contributed by atoms with van der Waals surface area (Å²) >= 11 is 1.78. The Morgan fingerprint density at radius 2 is 2.05 bits per heavy atom. The predicted molar refractivity (Wildman–Crippen MR) is 78.9 cm³/mol. The first-order valence-corrected chi connectivity index (χ1v) is 8.02. The van der Waals surface area contributed by atoms with Crippen molar-refractivity contribution >= 4 is 11.3 Å². The first-order chi connectivity index (χ1) is 9.15. The van der Waals surface area contributed by atoms with E-state index >= 15 is 0 Å². The zero-order chi connectivity index (χ0) is 13.4. The Kier molecular flexibility index (Phi) is 3.44. The number of rotatable bonds is 3. The van der Waals surface area contributed by atoms with Gasteiger partial charge in [-0.25, -0.2) is 9.97 Å². The summed E-state index contributed by atoms with van der Waals surface area (Å²) < 4.78 is 2.37. The van der Waals surface area contributed by atoms with Gasteiger partial charge in [-0.3, -0.25) is 0 Å². The number of thiazole rings is 1. The van der Waals surface area contributed by atoms with E-state index in [4.69, 9.17) is 9.97 Å². The van der Waals surface area contributed by atoms with Crippen molar-refractivity contribution in [3.8, 4) is 0 Å². The van der Waals surface area contributed by atoms with Gasteiger partial charge in [0.15, 0.2) is 0 Å². The molecule has 0 N–H and O–H groups in total. The minimum atomic E-state index is 0.525. The second-order valence-electron chi connectivity index (χ2n) is 5.68. The first-order valence-electron chi connectivity index (χ1n) is 7.14. The van der Waals surface area contributed by atoms with Gasteiger partial charge in [-0.15, -0.1) is 11.3 Å². The fourth-order valence-electron chi connectivity index (χ4n) is 2.77. The van der Waals surface area contributed by atoms with Gasteiger partial charge in [0.25, 0.3) is 0 Å². The number of hydrogen-bond donors (Lipinski definition) is 0. The molecule has 1 aliphatic carbocycles. The molecule has 102 valence electrons. The van der Waals surface area contributed by atoms with Crippen molar-refractivity contribution in [2.24, 2.45) is 0 Å². The van der Waals surface area contributed by atoms with Crippen molar-refractivity contribution in [1.29, 1.82) is 0 Å². The van der Waals surface area contributed by atoms with Crippen LogP contribution in [0.25, 0.3) is 0 Å². The molecule has 0 spiro atoms. The van der Waals surface area contributed by atoms with Gasteiger partial charge in [0, 0.05) is 17.0 Å². The highest BCUT2D eigenvalue weighted by Crippen LogP contribution is 2.24.